The van der Waals surface area contributed by atoms with Crippen molar-refractivity contribution < 1.29 is 0 Å². The number of halogens is 3. The molecule has 1 heterocycles. The fourth-order valence-electron chi connectivity index (χ4n) is 1.59. The van der Waals surface area contributed by atoms with Gasteiger partial charge >= 0.3 is 0 Å². The van der Waals surface area contributed by atoms with Crippen LogP contribution in [0.3, 0.4) is 0 Å². The molecule has 88 valence electrons. The summed E-state index contributed by atoms with van der Waals surface area (Å²) in [5, 5.41) is 0.592. The van der Waals surface area contributed by atoms with Crippen LogP contribution in [0.5, 0.6) is 0 Å². The van der Waals surface area contributed by atoms with Crippen LogP contribution in [-0.4, -0.2) is 4.98 Å². The van der Waals surface area contributed by atoms with Crippen molar-refractivity contribution in [1.82, 2.24) is 4.98 Å². The molecule has 0 spiro atoms. The molecule has 0 fully saturated rings. The Kier molecular flexibility index (Phi) is 4.43. The maximum Gasteiger partial charge on any atom is 0.0637 e. The summed E-state index contributed by atoms with van der Waals surface area (Å²) in [4.78, 5) is 3.98. The fourth-order valence-corrected chi connectivity index (χ4v) is 2.78. The lowest BCUT2D eigenvalue weighted by Gasteiger charge is -2.12. The molecule has 0 amide bonds. The Bertz CT molecular complexity index is 502. The third kappa shape index (κ3) is 3.44. The Morgan fingerprint density at radius 2 is 1.88 bits per heavy atom. The van der Waals surface area contributed by atoms with Crippen LogP contribution in [0.4, 0.5) is 0 Å². The number of benzene rings is 1. The molecule has 1 aromatic heterocycles. The van der Waals surface area contributed by atoms with Gasteiger partial charge in [-0.1, -0.05) is 27.5 Å². The molecule has 1 atom stereocenters. The standard InChI is InChI=1S/C13H10BrCl2N/c14-12-2-1-10(15)8-11(12)13(16)7-9-3-5-17-6-4-9/h1-6,8,13H,7H2. The van der Waals surface area contributed by atoms with E-state index in [1.165, 1.54) is 0 Å². The number of rotatable bonds is 3. The highest BCUT2D eigenvalue weighted by atomic mass is 79.9. The third-order valence-corrected chi connectivity index (χ3v) is 3.81. The smallest absolute Gasteiger partial charge is 0.0637 e. The maximum atomic E-state index is 6.41. The number of nitrogens with zero attached hydrogens (tertiary/aromatic N) is 1. The molecule has 0 saturated heterocycles. The van der Waals surface area contributed by atoms with Crippen molar-refractivity contribution in [3.05, 3.63) is 63.3 Å². The first-order valence-corrected chi connectivity index (χ1v) is 6.75. The monoisotopic (exact) mass is 329 g/mol. The van der Waals surface area contributed by atoms with Crippen molar-refractivity contribution in [2.24, 2.45) is 0 Å². The van der Waals surface area contributed by atoms with Crippen LogP contribution >= 0.6 is 39.1 Å². The van der Waals surface area contributed by atoms with E-state index >= 15 is 0 Å². The first-order chi connectivity index (χ1) is 8.16. The van der Waals surface area contributed by atoms with Crippen molar-refractivity contribution in [2.75, 3.05) is 0 Å². The van der Waals surface area contributed by atoms with Crippen LogP contribution in [0.1, 0.15) is 16.5 Å². The van der Waals surface area contributed by atoms with Gasteiger partial charge in [0, 0.05) is 21.9 Å². The molecular weight excluding hydrogens is 321 g/mol. The van der Waals surface area contributed by atoms with Gasteiger partial charge in [-0.3, -0.25) is 4.98 Å². The zero-order chi connectivity index (χ0) is 12.3. The lowest BCUT2D eigenvalue weighted by molar-refractivity contribution is 0.911. The van der Waals surface area contributed by atoms with Gasteiger partial charge in [0.25, 0.3) is 0 Å². The molecule has 0 radical (unpaired) electrons. The summed E-state index contributed by atoms with van der Waals surface area (Å²) >= 11 is 15.9. The normalized spacial score (nSPS) is 12.4. The summed E-state index contributed by atoms with van der Waals surface area (Å²) < 4.78 is 0.982. The Hall–Kier alpha value is -0.570. The van der Waals surface area contributed by atoms with Gasteiger partial charge in [0.05, 0.1) is 5.38 Å². The molecule has 0 aliphatic carbocycles. The minimum Gasteiger partial charge on any atom is -0.265 e. The predicted molar refractivity (Wildman–Crippen MR) is 75.7 cm³/mol. The second-order valence-corrected chi connectivity index (χ2v) is 5.51. The van der Waals surface area contributed by atoms with Crippen LogP contribution in [0.15, 0.2) is 47.2 Å². The summed E-state index contributed by atoms with van der Waals surface area (Å²) in [5.41, 5.74) is 2.17. The number of pyridine rings is 1. The van der Waals surface area contributed by atoms with E-state index in [-0.39, 0.29) is 5.38 Å². The fraction of sp³-hybridized carbons (Fsp3) is 0.154. The number of hydrogen-bond acceptors (Lipinski definition) is 1. The summed E-state index contributed by atoms with van der Waals surface area (Å²) in [5.74, 6) is 0. The Morgan fingerprint density at radius 3 is 2.59 bits per heavy atom. The molecule has 1 nitrogen and oxygen atoms in total. The van der Waals surface area contributed by atoms with Crippen LogP contribution in [0, 0.1) is 0 Å². The summed E-state index contributed by atoms with van der Waals surface area (Å²) in [6, 6.07) is 9.58. The van der Waals surface area contributed by atoms with E-state index in [0.717, 1.165) is 22.0 Å². The average Bonchev–Trinajstić information content (AvgIpc) is 2.33. The van der Waals surface area contributed by atoms with Gasteiger partial charge in [0.1, 0.15) is 0 Å². The van der Waals surface area contributed by atoms with Crippen molar-refractivity contribution in [2.45, 2.75) is 11.8 Å². The largest absolute Gasteiger partial charge is 0.265 e. The van der Waals surface area contributed by atoms with Crippen LogP contribution in [-0.2, 0) is 6.42 Å². The second-order valence-electron chi connectivity index (χ2n) is 3.69. The molecule has 4 heteroatoms. The highest BCUT2D eigenvalue weighted by molar-refractivity contribution is 9.10. The molecular formula is C13H10BrCl2N. The lowest BCUT2D eigenvalue weighted by Crippen LogP contribution is -1.97. The van der Waals surface area contributed by atoms with E-state index in [0.29, 0.717) is 5.02 Å². The van der Waals surface area contributed by atoms with Crippen molar-refractivity contribution in [3.8, 4) is 0 Å². The van der Waals surface area contributed by atoms with E-state index < -0.39 is 0 Å². The van der Waals surface area contributed by atoms with Crippen LogP contribution in [0.25, 0.3) is 0 Å². The number of hydrogen-bond donors (Lipinski definition) is 0. The molecule has 0 saturated carbocycles. The van der Waals surface area contributed by atoms with Crippen molar-refractivity contribution in [3.63, 3.8) is 0 Å². The Morgan fingerprint density at radius 1 is 1.18 bits per heavy atom. The van der Waals surface area contributed by atoms with Gasteiger partial charge in [-0.25, -0.2) is 0 Å². The number of aromatic nitrogens is 1. The van der Waals surface area contributed by atoms with Crippen molar-refractivity contribution >= 4 is 39.1 Å². The molecule has 2 aromatic rings. The molecule has 1 aromatic carbocycles. The van der Waals surface area contributed by atoms with Gasteiger partial charge in [0.2, 0.25) is 0 Å². The quantitative estimate of drug-likeness (QED) is 0.720. The molecule has 0 aliphatic heterocycles. The molecule has 0 bridgehead atoms. The van der Waals surface area contributed by atoms with E-state index in [1.807, 2.05) is 30.3 Å². The highest BCUT2D eigenvalue weighted by Gasteiger charge is 2.12. The highest BCUT2D eigenvalue weighted by Crippen LogP contribution is 2.32. The summed E-state index contributed by atoms with van der Waals surface area (Å²) in [7, 11) is 0. The SMILES string of the molecule is Clc1ccc(Br)c(C(Cl)Cc2ccncc2)c1. The van der Waals surface area contributed by atoms with E-state index in [4.69, 9.17) is 23.2 Å². The first-order valence-electron chi connectivity index (χ1n) is 5.15. The van der Waals surface area contributed by atoms with Gasteiger partial charge in [0.15, 0.2) is 0 Å². The third-order valence-electron chi connectivity index (χ3n) is 2.46. The molecule has 2 rings (SSSR count). The lowest BCUT2D eigenvalue weighted by atomic mass is 10.1. The van der Waals surface area contributed by atoms with E-state index in [1.54, 1.807) is 12.4 Å². The Balaban J connectivity index is 2.20. The molecule has 0 aliphatic rings. The second kappa shape index (κ2) is 5.85. The zero-order valence-electron chi connectivity index (χ0n) is 8.91. The van der Waals surface area contributed by atoms with Crippen LogP contribution in [0.2, 0.25) is 5.02 Å². The summed E-state index contributed by atoms with van der Waals surface area (Å²) in [6.45, 7) is 0. The van der Waals surface area contributed by atoms with Crippen LogP contribution < -0.4 is 0 Å². The van der Waals surface area contributed by atoms with E-state index in [9.17, 15) is 0 Å². The molecule has 0 N–H and O–H groups in total. The van der Waals surface area contributed by atoms with Gasteiger partial charge in [-0.15, -0.1) is 11.6 Å². The van der Waals surface area contributed by atoms with Gasteiger partial charge in [-0.2, -0.15) is 0 Å². The van der Waals surface area contributed by atoms with E-state index in [2.05, 4.69) is 20.9 Å². The topological polar surface area (TPSA) is 12.9 Å². The van der Waals surface area contributed by atoms with Gasteiger partial charge in [-0.05, 0) is 47.9 Å². The minimum atomic E-state index is -0.106. The molecule has 1 unspecified atom stereocenters. The average molecular weight is 331 g/mol. The molecule has 17 heavy (non-hydrogen) atoms. The Labute approximate surface area is 119 Å². The van der Waals surface area contributed by atoms with Crippen molar-refractivity contribution in [1.29, 1.82) is 0 Å². The first kappa shape index (κ1) is 12.9. The minimum absolute atomic E-state index is 0.106. The van der Waals surface area contributed by atoms with Gasteiger partial charge < -0.3 is 0 Å². The maximum absolute atomic E-state index is 6.41. The zero-order valence-corrected chi connectivity index (χ0v) is 12.0. The summed E-state index contributed by atoms with van der Waals surface area (Å²) in [6.07, 6.45) is 4.29. The number of alkyl halides is 1. The predicted octanol–water partition coefficient (Wildman–Crippen LogP) is 5.02.